The zero-order valence-corrected chi connectivity index (χ0v) is 21.4. The average molecular weight is 520 g/mol. The summed E-state index contributed by atoms with van der Waals surface area (Å²) < 4.78 is 34.2. The molecular weight excluding hydrogens is 490 g/mol. The van der Waals surface area contributed by atoms with Crippen molar-refractivity contribution in [1.82, 2.24) is 24.5 Å². The van der Waals surface area contributed by atoms with Gasteiger partial charge < -0.3 is 9.64 Å². The van der Waals surface area contributed by atoms with Crippen molar-refractivity contribution in [2.24, 2.45) is 5.92 Å². The van der Waals surface area contributed by atoms with Crippen LogP contribution in [0.25, 0.3) is 10.9 Å². The molecule has 3 heterocycles. The van der Waals surface area contributed by atoms with Crippen LogP contribution in [0.15, 0.2) is 83.7 Å². The van der Waals surface area contributed by atoms with Gasteiger partial charge in [-0.3, -0.25) is 24.4 Å². The maximum atomic E-state index is 13.1. The van der Waals surface area contributed by atoms with E-state index in [1.807, 2.05) is 29.2 Å². The van der Waals surface area contributed by atoms with Crippen LogP contribution in [-0.2, 0) is 21.4 Å². The number of hydrogen-bond acceptors (Lipinski definition) is 7. The second-order valence-electron chi connectivity index (χ2n) is 9.05. The molecule has 5 rings (SSSR count). The molecule has 1 amide bonds. The van der Waals surface area contributed by atoms with E-state index in [0.717, 1.165) is 29.9 Å². The minimum absolute atomic E-state index is 0.0581. The number of nitrogens with one attached hydrogen (secondary N) is 1. The molecule has 0 saturated carbocycles. The summed E-state index contributed by atoms with van der Waals surface area (Å²) in [4.78, 5) is 26.1. The van der Waals surface area contributed by atoms with Gasteiger partial charge in [0.25, 0.3) is 10.0 Å². The van der Waals surface area contributed by atoms with Crippen LogP contribution in [0.4, 0.5) is 0 Å². The number of para-hydroxylation sites is 1. The van der Waals surface area contributed by atoms with Crippen molar-refractivity contribution in [2.75, 3.05) is 33.3 Å². The molecule has 1 unspecified atom stereocenters. The first kappa shape index (κ1) is 24.9. The van der Waals surface area contributed by atoms with Crippen molar-refractivity contribution in [3.05, 3.63) is 84.5 Å². The number of aromatic nitrogens is 2. The van der Waals surface area contributed by atoms with Crippen molar-refractivity contribution < 1.29 is 17.9 Å². The number of sulfonamides is 1. The second-order valence-corrected chi connectivity index (χ2v) is 10.7. The molecule has 1 fully saturated rings. The summed E-state index contributed by atoms with van der Waals surface area (Å²) >= 11 is 0. The number of methoxy groups -OCH3 is 1. The standard InChI is InChI=1S/C27H29N5O4S/c1-36-24-7-4-13-28-23(24)19-31-15-17-32(18-16-31)27(33)21-9-11-22(12-10-21)30-37(34,35)25-8-2-5-20-6-3-14-29-26(20)25/h2-9,11-14,21,30H,10,15-19H2,1H3. The Balaban J connectivity index is 1.16. The molecule has 0 radical (unpaired) electrons. The largest absolute Gasteiger partial charge is 0.495 e. The fraction of sp³-hybridized carbons (Fsp3) is 0.296. The van der Waals surface area contributed by atoms with Crippen LogP contribution < -0.4 is 9.46 Å². The lowest BCUT2D eigenvalue weighted by atomic mass is 9.97. The molecular formula is C27H29N5O4S. The summed E-state index contributed by atoms with van der Waals surface area (Å²) in [5.41, 5.74) is 1.76. The van der Waals surface area contributed by atoms with Gasteiger partial charge in [-0.25, -0.2) is 8.42 Å². The van der Waals surface area contributed by atoms with E-state index in [-0.39, 0.29) is 16.7 Å². The molecule has 0 spiro atoms. The monoisotopic (exact) mass is 519 g/mol. The summed E-state index contributed by atoms with van der Waals surface area (Å²) in [6.07, 6.45) is 8.99. The minimum Gasteiger partial charge on any atom is -0.495 e. The number of ether oxygens (including phenoxy) is 1. The number of fused-ring (bicyclic) bond motifs is 1. The molecule has 1 aliphatic heterocycles. The summed E-state index contributed by atoms with van der Waals surface area (Å²) in [7, 11) is -2.19. The zero-order valence-electron chi connectivity index (χ0n) is 20.6. The lowest BCUT2D eigenvalue weighted by Gasteiger charge is -2.36. The highest BCUT2D eigenvalue weighted by molar-refractivity contribution is 7.89. The van der Waals surface area contributed by atoms with E-state index in [1.165, 1.54) is 0 Å². The zero-order chi connectivity index (χ0) is 25.8. The van der Waals surface area contributed by atoms with E-state index >= 15 is 0 Å². The number of amides is 1. The van der Waals surface area contributed by atoms with Crippen LogP contribution in [0.3, 0.4) is 0 Å². The molecule has 1 N–H and O–H groups in total. The smallest absolute Gasteiger partial charge is 0.264 e. The van der Waals surface area contributed by atoms with Gasteiger partial charge in [0.1, 0.15) is 10.6 Å². The Bertz CT molecular complexity index is 1460. The van der Waals surface area contributed by atoms with Crippen LogP contribution in [0.2, 0.25) is 0 Å². The van der Waals surface area contributed by atoms with Crippen molar-refractivity contribution in [2.45, 2.75) is 17.9 Å². The molecule has 3 aromatic rings. The maximum Gasteiger partial charge on any atom is 0.264 e. The number of allylic oxidation sites excluding steroid dienone is 2. The summed E-state index contributed by atoms with van der Waals surface area (Å²) in [6.45, 7) is 3.45. The van der Waals surface area contributed by atoms with Gasteiger partial charge in [-0.1, -0.05) is 30.4 Å². The van der Waals surface area contributed by atoms with Crippen molar-refractivity contribution in [3.8, 4) is 5.75 Å². The molecule has 37 heavy (non-hydrogen) atoms. The number of nitrogens with zero attached hydrogens (tertiary/aromatic N) is 4. The fourth-order valence-corrected chi connectivity index (χ4v) is 5.94. The Hall–Kier alpha value is -3.76. The number of carbonyl (C=O) groups excluding carboxylic acids is 1. The number of pyridine rings is 2. The number of piperazine rings is 1. The Morgan fingerprint density at radius 2 is 1.81 bits per heavy atom. The van der Waals surface area contributed by atoms with Gasteiger partial charge in [0.2, 0.25) is 5.91 Å². The predicted molar refractivity (Wildman–Crippen MR) is 140 cm³/mol. The van der Waals surface area contributed by atoms with Gasteiger partial charge in [-0.2, -0.15) is 0 Å². The maximum absolute atomic E-state index is 13.1. The highest BCUT2D eigenvalue weighted by atomic mass is 32.2. The van der Waals surface area contributed by atoms with Gasteiger partial charge in [-0.05, 0) is 36.8 Å². The van der Waals surface area contributed by atoms with Gasteiger partial charge in [0.05, 0.1) is 24.2 Å². The first-order valence-electron chi connectivity index (χ1n) is 12.2. The van der Waals surface area contributed by atoms with E-state index in [9.17, 15) is 13.2 Å². The van der Waals surface area contributed by atoms with E-state index in [4.69, 9.17) is 4.74 Å². The van der Waals surface area contributed by atoms with Gasteiger partial charge in [0.15, 0.2) is 0 Å². The number of rotatable bonds is 7. The normalized spacial score (nSPS) is 18.5. The van der Waals surface area contributed by atoms with Crippen LogP contribution in [0, 0.1) is 5.92 Å². The predicted octanol–water partition coefficient (Wildman–Crippen LogP) is 2.72. The van der Waals surface area contributed by atoms with Crippen molar-refractivity contribution in [3.63, 3.8) is 0 Å². The Morgan fingerprint density at radius 3 is 2.57 bits per heavy atom. The van der Waals surface area contributed by atoms with E-state index in [1.54, 1.807) is 55.9 Å². The van der Waals surface area contributed by atoms with Gasteiger partial charge in [-0.15, -0.1) is 0 Å². The van der Waals surface area contributed by atoms with Crippen LogP contribution in [0.1, 0.15) is 12.1 Å². The van der Waals surface area contributed by atoms with E-state index in [2.05, 4.69) is 19.6 Å². The summed E-state index contributed by atoms with van der Waals surface area (Å²) in [5, 5.41) is 0.753. The molecule has 9 nitrogen and oxygen atoms in total. The van der Waals surface area contributed by atoms with Gasteiger partial charge in [0, 0.05) is 56.2 Å². The Kier molecular flexibility index (Phi) is 7.20. The number of benzene rings is 1. The molecule has 2 aromatic heterocycles. The lowest BCUT2D eigenvalue weighted by Crippen LogP contribution is -2.50. The highest BCUT2D eigenvalue weighted by Crippen LogP contribution is 2.24. The van der Waals surface area contributed by atoms with Gasteiger partial charge >= 0.3 is 0 Å². The number of hydrogen-bond donors (Lipinski definition) is 1. The molecule has 1 atom stereocenters. The Labute approximate surface area is 216 Å². The van der Waals surface area contributed by atoms with E-state index in [0.29, 0.717) is 37.3 Å². The summed E-state index contributed by atoms with van der Waals surface area (Å²) in [5.74, 6) is 0.515. The highest BCUT2D eigenvalue weighted by Gasteiger charge is 2.28. The van der Waals surface area contributed by atoms with E-state index < -0.39 is 10.0 Å². The minimum atomic E-state index is -3.83. The fourth-order valence-electron chi connectivity index (χ4n) is 4.68. The average Bonchev–Trinajstić information content (AvgIpc) is 2.93. The first-order chi connectivity index (χ1) is 17.9. The molecule has 1 aromatic carbocycles. The topological polar surface area (TPSA) is 105 Å². The second kappa shape index (κ2) is 10.7. The van der Waals surface area contributed by atoms with Crippen molar-refractivity contribution in [1.29, 1.82) is 0 Å². The molecule has 0 bridgehead atoms. The third-order valence-electron chi connectivity index (χ3n) is 6.68. The first-order valence-corrected chi connectivity index (χ1v) is 13.7. The molecule has 2 aliphatic rings. The lowest BCUT2D eigenvalue weighted by molar-refractivity contribution is -0.135. The SMILES string of the molecule is COc1cccnc1CN1CCN(C(=O)C2C=CC(NS(=O)(=O)c3cccc4cccnc34)=CC2)CC1. The third kappa shape index (κ3) is 5.50. The summed E-state index contributed by atoms with van der Waals surface area (Å²) in [6, 6.07) is 12.4. The third-order valence-corrected chi connectivity index (χ3v) is 8.09. The number of carbonyl (C=O) groups is 1. The molecule has 10 heteroatoms. The molecule has 192 valence electrons. The quantitative estimate of drug-likeness (QED) is 0.512. The molecule has 1 aliphatic carbocycles. The van der Waals surface area contributed by atoms with Crippen LogP contribution in [0.5, 0.6) is 5.75 Å². The van der Waals surface area contributed by atoms with Crippen molar-refractivity contribution >= 4 is 26.8 Å². The van der Waals surface area contributed by atoms with Crippen LogP contribution in [-0.4, -0.2) is 67.4 Å². The Morgan fingerprint density at radius 1 is 1.05 bits per heavy atom. The van der Waals surface area contributed by atoms with Crippen LogP contribution >= 0.6 is 0 Å². The molecule has 1 saturated heterocycles.